The Bertz CT molecular complexity index is 490. The molecule has 0 fully saturated rings. The number of hydrogen-bond donors (Lipinski definition) is 0. The van der Waals surface area contributed by atoms with E-state index in [9.17, 15) is 4.39 Å². The van der Waals surface area contributed by atoms with Gasteiger partial charge in [-0.1, -0.05) is 0 Å². The van der Waals surface area contributed by atoms with E-state index in [-0.39, 0.29) is 11.7 Å². The molecule has 2 rings (SSSR count). The summed E-state index contributed by atoms with van der Waals surface area (Å²) in [6.45, 7) is 0.383. The van der Waals surface area contributed by atoms with Crippen LogP contribution in [0.3, 0.4) is 0 Å². The van der Waals surface area contributed by atoms with Crippen molar-refractivity contribution in [2.24, 2.45) is 0 Å². The van der Waals surface area contributed by atoms with Crippen molar-refractivity contribution >= 4 is 11.6 Å². The van der Waals surface area contributed by atoms with Gasteiger partial charge in [0.05, 0.1) is 0 Å². The lowest BCUT2D eigenvalue weighted by Gasteiger charge is -2.07. The van der Waals surface area contributed by atoms with Crippen molar-refractivity contribution in [3.05, 3.63) is 59.7 Å². The van der Waals surface area contributed by atoms with E-state index in [2.05, 4.69) is 4.98 Å². The molecule has 1 aromatic carbocycles. The number of nitrogens with zero attached hydrogens (tertiary/aromatic N) is 1. The predicted octanol–water partition coefficient (Wildman–Crippen LogP) is 3.54. The van der Waals surface area contributed by atoms with Gasteiger partial charge in [-0.3, -0.25) is 4.98 Å². The van der Waals surface area contributed by atoms with Crippen LogP contribution >= 0.6 is 11.6 Å². The van der Waals surface area contributed by atoms with Crippen LogP contribution in [0.25, 0.3) is 0 Å². The van der Waals surface area contributed by atoms with E-state index >= 15 is 0 Å². The standard InChI is InChI=1S/C13H11ClFNO/c14-8-11-5-12(15)7-13(6-11)17-9-10-1-3-16-4-2-10/h1-7H,8-9H2. The van der Waals surface area contributed by atoms with E-state index in [4.69, 9.17) is 16.3 Å². The average Bonchev–Trinajstić information content (AvgIpc) is 2.37. The summed E-state index contributed by atoms with van der Waals surface area (Å²) in [4.78, 5) is 3.91. The highest BCUT2D eigenvalue weighted by atomic mass is 35.5. The highest BCUT2D eigenvalue weighted by molar-refractivity contribution is 6.17. The smallest absolute Gasteiger partial charge is 0.127 e. The summed E-state index contributed by atoms with van der Waals surface area (Å²) >= 11 is 5.66. The molecule has 0 radical (unpaired) electrons. The van der Waals surface area contributed by atoms with Crippen molar-refractivity contribution in [1.82, 2.24) is 4.98 Å². The molecule has 2 aromatic rings. The van der Waals surface area contributed by atoms with E-state index < -0.39 is 0 Å². The van der Waals surface area contributed by atoms with Gasteiger partial charge in [0.2, 0.25) is 0 Å². The van der Waals surface area contributed by atoms with Crippen LogP contribution in [0.5, 0.6) is 5.75 Å². The molecule has 0 atom stereocenters. The summed E-state index contributed by atoms with van der Waals surface area (Å²) in [6.07, 6.45) is 3.38. The van der Waals surface area contributed by atoms with Gasteiger partial charge in [0.15, 0.2) is 0 Å². The minimum absolute atomic E-state index is 0.267. The third-order valence-corrected chi connectivity index (χ3v) is 2.55. The fourth-order valence-corrected chi connectivity index (χ4v) is 1.58. The molecule has 1 heterocycles. The largest absolute Gasteiger partial charge is 0.489 e. The second-order valence-corrected chi connectivity index (χ2v) is 3.84. The number of ether oxygens (including phenoxy) is 1. The van der Waals surface area contributed by atoms with Gasteiger partial charge in [0.25, 0.3) is 0 Å². The molecule has 88 valence electrons. The van der Waals surface area contributed by atoms with Crippen molar-refractivity contribution in [3.63, 3.8) is 0 Å². The third kappa shape index (κ3) is 3.43. The lowest BCUT2D eigenvalue weighted by Crippen LogP contribution is -1.96. The molecule has 4 heteroatoms. The lowest BCUT2D eigenvalue weighted by molar-refractivity contribution is 0.304. The summed E-state index contributed by atoms with van der Waals surface area (Å²) in [5.41, 5.74) is 1.69. The predicted molar refractivity (Wildman–Crippen MR) is 64.5 cm³/mol. The van der Waals surface area contributed by atoms with Crippen LogP contribution < -0.4 is 4.74 Å². The first-order valence-corrected chi connectivity index (χ1v) is 5.68. The van der Waals surface area contributed by atoms with Crippen molar-refractivity contribution in [2.45, 2.75) is 12.5 Å². The lowest BCUT2D eigenvalue weighted by atomic mass is 10.2. The number of halogens is 2. The second-order valence-electron chi connectivity index (χ2n) is 3.57. The molecule has 1 aromatic heterocycles. The molecular weight excluding hydrogens is 241 g/mol. The Labute approximate surface area is 104 Å². The normalized spacial score (nSPS) is 10.2. The van der Waals surface area contributed by atoms with Crippen molar-refractivity contribution in [2.75, 3.05) is 0 Å². The molecule has 0 aliphatic rings. The third-order valence-electron chi connectivity index (χ3n) is 2.24. The molecule has 0 amide bonds. The monoisotopic (exact) mass is 251 g/mol. The highest BCUT2D eigenvalue weighted by Crippen LogP contribution is 2.18. The summed E-state index contributed by atoms with van der Waals surface area (Å²) in [5, 5.41) is 0. The second kappa shape index (κ2) is 5.64. The maximum atomic E-state index is 13.2. The fourth-order valence-electron chi connectivity index (χ4n) is 1.43. The van der Waals surface area contributed by atoms with E-state index in [1.165, 1.54) is 12.1 Å². The van der Waals surface area contributed by atoms with Crippen molar-refractivity contribution in [1.29, 1.82) is 0 Å². The van der Waals surface area contributed by atoms with E-state index in [0.29, 0.717) is 17.9 Å². The van der Waals surface area contributed by atoms with E-state index in [1.807, 2.05) is 12.1 Å². The van der Waals surface area contributed by atoms with Crippen molar-refractivity contribution in [3.8, 4) is 5.75 Å². The first-order valence-electron chi connectivity index (χ1n) is 5.15. The van der Waals surface area contributed by atoms with Gasteiger partial charge in [-0.15, -0.1) is 11.6 Å². The van der Waals surface area contributed by atoms with Crippen LogP contribution in [-0.2, 0) is 12.5 Å². The number of alkyl halides is 1. The zero-order valence-electron chi connectivity index (χ0n) is 9.07. The topological polar surface area (TPSA) is 22.1 Å². The maximum absolute atomic E-state index is 13.2. The van der Waals surface area contributed by atoms with Crippen LogP contribution in [0.2, 0.25) is 0 Å². The van der Waals surface area contributed by atoms with Crippen LogP contribution in [0.4, 0.5) is 4.39 Å². The van der Waals surface area contributed by atoms with Crippen LogP contribution in [0, 0.1) is 5.82 Å². The number of rotatable bonds is 4. The summed E-state index contributed by atoms with van der Waals surface area (Å²) in [6, 6.07) is 8.17. The molecule has 0 saturated carbocycles. The Morgan fingerprint density at radius 2 is 1.88 bits per heavy atom. The molecule has 0 saturated heterocycles. The van der Waals surface area contributed by atoms with Crippen LogP contribution in [0.15, 0.2) is 42.7 Å². The van der Waals surface area contributed by atoms with Crippen LogP contribution in [-0.4, -0.2) is 4.98 Å². The molecule has 17 heavy (non-hydrogen) atoms. The molecule has 0 spiro atoms. The van der Waals surface area contributed by atoms with Gasteiger partial charge in [0.1, 0.15) is 18.2 Å². The summed E-state index contributed by atoms with van der Waals surface area (Å²) in [7, 11) is 0. The number of aromatic nitrogens is 1. The molecule has 2 nitrogen and oxygen atoms in total. The SMILES string of the molecule is Fc1cc(CCl)cc(OCc2ccncc2)c1. The minimum atomic E-state index is -0.340. The van der Waals surface area contributed by atoms with E-state index in [1.54, 1.807) is 18.5 Å². The molecular formula is C13H11ClFNO. The molecule has 0 unspecified atom stereocenters. The fraction of sp³-hybridized carbons (Fsp3) is 0.154. The Kier molecular flexibility index (Phi) is 3.94. The molecule has 0 N–H and O–H groups in total. The Morgan fingerprint density at radius 3 is 2.59 bits per heavy atom. The van der Waals surface area contributed by atoms with Gasteiger partial charge < -0.3 is 4.74 Å². The first kappa shape index (κ1) is 11.9. The molecule has 0 aliphatic heterocycles. The number of pyridine rings is 1. The average molecular weight is 252 g/mol. The number of hydrogen-bond acceptors (Lipinski definition) is 2. The molecule has 0 bridgehead atoms. The Balaban J connectivity index is 2.06. The van der Waals surface area contributed by atoms with Gasteiger partial charge in [0, 0.05) is 24.3 Å². The van der Waals surface area contributed by atoms with Gasteiger partial charge in [-0.2, -0.15) is 0 Å². The minimum Gasteiger partial charge on any atom is -0.489 e. The highest BCUT2D eigenvalue weighted by Gasteiger charge is 2.01. The quantitative estimate of drug-likeness (QED) is 0.776. The number of benzene rings is 1. The van der Waals surface area contributed by atoms with E-state index in [0.717, 1.165) is 5.56 Å². The zero-order valence-corrected chi connectivity index (χ0v) is 9.82. The Morgan fingerprint density at radius 1 is 1.12 bits per heavy atom. The Hall–Kier alpha value is -1.61. The first-order chi connectivity index (χ1) is 8.28. The summed E-state index contributed by atoms with van der Waals surface area (Å²) in [5.74, 6) is 0.411. The molecule has 0 aliphatic carbocycles. The van der Waals surface area contributed by atoms with Crippen molar-refractivity contribution < 1.29 is 9.13 Å². The van der Waals surface area contributed by atoms with Gasteiger partial charge >= 0.3 is 0 Å². The summed E-state index contributed by atoms with van der Waals surface area (Å²) < 4.78 is 18.7. The van der Waals surface area contributed by atoms with Gasteiger partial charge in [-0.25, -0.2) is 4.39 Å². The van der Waals surface area contributed by atoms with Gasteiger partial charge in [-0.05, 0) is 35.4 Å². The maximum Gasteiger partial charge on any atom is 0.127 e. The van der Waals surface area contributed by atoms with Crippen LogP contribution in [0.1, 0.15) is 11.1 Å². The zero-order chi connectivity index (χ0) is 12.1.